The Morgan fingerprint density at radius 3 is 2.43 bits per heavy atom. The third-order valence-corrected chi connectivity index (χ3v) is 5.02. The summed E-state index contributed by atoms with van der Waals surface area (Å²) in [6.45, 7) is 6.68. The third kappa shape index (κ3) is 4.79. The molecule has 0 unspecified atom stereocenters. The van der Waals surface area contributed by atoms with Crippen LogP contribution in [0, 0.1) is 0 Å². The Morgan fingerprint density at radius 1 is 1.07 bits per heavy atom. The van der Waals surface area contributed by atoms with Crippen LogP contribution in [0.3, 0.4) is 0 Å². The van der Waals surface area contributed by atoms with Crippen LogP contribution in [0.2, 0.25) is 0 Å². The zero-order valence-corrected chi connectivity index (χ0v) is 17.9. The molecule has 0 saturated carbocycles. The van der Waals surface area contributed by atoms with Crippen LogP contribution in [-0.2, 0) is 11.8 Å². The van der Waals surface area contributed by atoms with Gasteiger partial charge < -0.3 is 15.0 Å². The summed E-state index contributed by atoms with van der Waals surface area (Å²) in [4.78, 5) is 28.1. The topological polar surface area (TPSA) is 71.2 Å². The number of hydrogen-bond acceptors (Lipinski definition) is 3. The fourth-order valence-electron chi connectivity index (χ4n) is 3.44. The Morgan fingerprint density at radius 2 is 1.80 bits per heavy atom. The number of ether oxygens (including phenoxy) is 1. The summed E-state index contributed by atoms with van der Waals surface area (Å²) < 4.78 is 5.66. The minimum atomic E-state index is -0.276. The first-order valence-corrected chi connectivity index (χ1v) is 10.0. The van der Waals surface area contributed by atoms with E-state index in [1.165, 1.54) is 0 Å². The molecule has 2 aromatic carbocycles. The number of hydrogen-bond donors (Lipinski definition) is 2. The number of aromatic nitrogens is 1. The van der Waals surface area contributed by atoms with Crippen molar-refractivity contribution in [3.8, 4) is 16.9 Å². The summed E-state index contributed by atoms with van der Waals surface area (Å²) in [6.07, 6.45) is 2.33. The number of methoxy groups -OCH3 is 1. The van der Waals surface area contributed by atoms with E-state index in [9.17, 15) is 9.59 Å². The van der Waals surface area contributed by atoms with E-state index in [0.717, 1.165) is 17.5 Å². The van der Waals surface area contributed by atoms with Crippen molar-refractivity contribution in [3.63, 3.8) is 0 Å². The van der Waals surface area contributed by atoms with Crippen LogP contribution in [0.1, 0.15) is 42.3 Å². The van der Waals surface area contributed by atoms with Crippen molar-refractivity contribution in [3.05, 3.63) is 87.8 Å². The quantitative estimate of drug-likeness (QED) is 0.643. The van der Waals surface area contributed by atoms with Crippen LogP contribution in [0.25, 0.3) is 11.1 Å². The molecule has 0 spiro atoms. The third-order valence-electron chi connectivity index (χ3n) is 5.02. The van der Waals surface area contributed by atoms with Gasteiger partial charge in [0.1, 0.15) is 5.75 Å². The molecule has 2 N–H and O–H groups in total. The molecular formula is C25H28N2O3. The fourth-order valence-corrected chi connectivity index (χ4v) is 3.44. The number of carbonyl (C=O) groups is 1. The van der Waals surface area contributed by atoms with Gasteiger partial charge in [0.05, 0.1) is 12.7 Å². The molecule has 0 radical (unpaired) electrons. The zero-order chi connectivity index (χ0) is 21.7. The van der Waals surface area contributed by atoms with Crippen LogP contribution in [-0.4, -0.2) is 24.5 Å². The number of H-pyrrole nitrogens is 1. The standard InChI is InChI=1S/C25H28N2O3/c1-25(2,3)21-16-18(19-11-8-13-26-23(19)28)15-20(22(21)30-4)24(29)27-14-12-17-9-6-5-7-10-17/h5-11,13,15-16H,12,14H2,1-4H3,(H,26,28)(H,27,29). The van der Waals surface area contributed by atoms with Crippen molar-refractivity contribution >= 4 is 5.91 Å². The Hall–Kier alpha value is -3.34. The van der Waals surface area contributed by atoms with Crippen molar-refractivity contribution in [2.45, 2.75) is 32.6 Å². The molecule has 5 nitrogen and oxygen atoms in total. The summed E-state index contributed by atoms with van der Waals surface area (Å²) in [5.74, 6) is 0.318. The van der Waals surface area contributed by atoms with E-state index >= 15 is 0 Å². The highest BCUT2D eigenvalue weighted by molar-refractivity contribution is 5.99. The van der Waals surface area contributed by atoms with Gasteiger partial charge in [0.15, 0.2) is 0 Å². The average Bonchev–Trinajstić information content (AvgIpc) is 2.73. The van der Waals surface area contributed by atoms with Crippen molar-refractivity contribution < 1.29 is 9.53 Å². The van der Waals surface area contributed by atoms with Crippen LogP contribution < -0.4 is 15.6 Å². The summed E-state index contributed by atoms with van der Waals surface area (Å²) in [7, 11) is 1.57. The second-order valence-corrected chi connectivity index (χ2v) is 8.26. The number of pyridine rings is 1. The molecule has 0 fully saturated rings. The monoisotopic (exact) mass is 404 g/mol. The van der Waals surface area contributed by atoms with E-state index in [0.29, 0.717) is 29.0 Å². The van der Waals surface area contributed by atoms with Crippen molar-refractivity contribution in [2.24, 2.45) is 0 Å². The smallest absolute Gasteiger partial charge is 0.255 e. The van der Waals surface area contributed by atoms with Gasteiger partial charge in [0, 0.05) is 23.9 Å². The van der Waals surface area contributed by atoms with Crippen molar-refractivity contribution in [2.75, 3.05) is 13.7 Å². The summed E-state index contributed by atoms with van der Waals surface area (Å²) >= 11 is 0. The van der Waals surface area contributed by atoms with Gasteiger partial charge in [-0.2, -0.15) is 0 Å². The van der Waals surface area contributed by atoms with Crippen molar-refractivity contribution in [1.82, 2.24) is 10.3 Å². The molecule has 30 heavy (non-hydrogen) atoms. The second kappa shape index (κ2) is 8.99. The molecule has 3 rings (SSSR count). The van der Waals surface area contributed by atoms with Crippen LogP contribution in [0.15, 0.2) is 65.6 Å². The lowest BCUT2D eigenvalue weighted by atomic mass is 9.83. The highest BCUT2D eigenvalue weighted by Crippen LogP contribution is 2.37. The molecule has 156 valence electrons. The molecule has 1 heterocycles. The van der Waals surface area contributed by atoms with Gasteiger partial charge in [-0.1, -0.05) is 51.1 Å². The van der Waals surface area contributed by atoms with Gasteiger partial charge in [0.2, 0.25) is 0 Å². The predicted molar refractivity (Wildman–Crippen MR) is 120 cm³/mol. The number of aromatic amines is 1. The SMILES string of the molecule is COc1c(C(=O)NCCc2ccccc2)cc(-c2ccc[nH]c2=O)cc1C(C)(C)C. The van der Waals surface area contributed by atoms with Crippen LogP contribution >= 0.6 is 0 Å². The van der Waals surface area contributed by atoms with E-state index < -0.39 is 0 Å². The molecule has 5 heteroatoms. The molecule has 3 aromatic rings. The largest absolute Gasteiger partial charge is 0.496 e. The molecule has 0 atom stereocenters. The predicted octanol–water partition coefficient (Wildman–Crippen LogP) is 4.32. The molecule has 0 aliphatic rings. The van der Waals surface area contributed by atoms with Gasteiger partial charge in [-0.15, -0.1) is 0 Å². The first kappa shape index (κ1) is 21.4. The van der Waals surface area contributed by atoms with E-state index in [-0.39, 0.29) is 16.9 Å². The van der Waals surface area contributed by atoms with E-state index in [4.69, 9.17) is 4.74 Å². The normalized spacial score (nSPS) is 11.2. The molecule has 0 saturated heterocycles. The zero-order valence-electron chi connectivity index (χ0n) is 17.9. The maximum Gasteiger partial charge on any atom is 0.255 e. The average molecular weight is 405 g/mol. The van der Waals surface area contributed by atoms with Gasteiger partial charge in [-0.3, -0.25) is 9.59 Å². The number of nitrogens with one attached hydrogen (secondary N) is 2. The first-order chi connectivity index (χ1) is 14.3. The molecule has 0 aliphatic heterocycles. The van der Waals surface area contributed by atoms with Crippen molar-refractivity contribution in [1.29, 1.82) is 0 Å². The Bertz CT molecular complexity index is 1080. The Labute approximate surface area is 177 Å². The van der Waals surface area contributed by atoms with Gasteiger partial charge >= 0.3 is 0 Å². The van der Waals surface area contributed by atoms with Gasteiger partial charge in [-0.25, -0.2) is 0 Å². The highest BCUT2D eigenvalue weighted by atomic mass is 16.5. The lowest BCUT2D eigenvalue weighted by Gasteiger charge is -2.25. The molecule has 1 aromatic heterocycles. The van der Waals surface area contributed by atoms with Crippen LogP contribution in [0.4, 0.5) is 0 Å². The first-order valence-electron chi connectivity index (χ1n) is 10.0. The molecule has 0 bridgehead atoms. The number of amides is 1. The number of benzene rings is 2. The second-order valence-electron chi connectivity index (χ2n) is 8.26. The van der Waals surface area contributed by atoms with Gasteiger partial charge in [0.25, 0.3) is 11.5 Å². The Kier molecular flexibility index (Phi) is 6.40. The van der Waals surface area contributed by atoms with E-state index in [2.05, 4.69) is 31.1 Å². The lowest BCUT2D eigenvalue weighted by Crippen LogP contribution is -2.27. The number of carbonyl (C=O) groups excluding carboxylic acids is 1. The maximum absolute atomic E-state index is 13.1. The molecule has 1 amide bonds. The highest BCUT2D eigenvalue weighted by Gasteiger charge is 2.26. The van der Waals surface area contributed by atoms with E-state index in [1.54, 1.807) is 31.5 Å². The minimum Gasteiger partial charge on any atom is -0.496 e. The summed E-state index contributed by atoms with van der Waals surface area (Å²) in [5, 5.41) is 2.99. The summed E-state index contributed by atoms with van der Waals surface area (Å²) in [6, 6.07) is 17.2. The number of rotatable bonds is 6. The maximum atomic E-state index is 13.1. The lowest BCUT2D eigenvalue weighted by molar-refractivity contribution is 0.0951. The fraction of sp³-hybridized carbons (Fsp3) is 0.280. The summed E-state index contributed by atoms with van der Waals surface area (Å²) in [5.41, 5.74) is 3.19. The van der Waals surface area contributed by atoms with E-state index in [1.807, 2.05) is 36.4 Å². The minimum absolute atomic E-state index is 0.196. The van der Waals surface area contributed by atoms with Crippen LogP contribution in [0.5, 0.6) is 5.75 Å². The molecular weight excluding hydrogens is 376 g/mol. The van der Waals surface area contributed by atoms with Gasteiger partial charge in [-0.05, 0) is 47.2 Å². The Balaban J connectivity index is 1.99. The molecule has 0 aliphatic carbocycles.